The lowest BCUT2D eigenvalue weighted by atomic mass is 10.2. The molecule has 0 unspecified atom stereocenters. The number of aromatic nitrogens is 1. The first-order valence-corrected chi connectivity index (χ1v) is 8.97. The second-order valence-electron chi connectivity index (χ2n) is 5.77. The number of benzene rings is 1. The number of hydrogen-bond donors (Lipinski definition) is 1. The zero-order chi connectivity index (χ0) is 17.6. The van der Waals surface area contributed by atoms with Gasteiger partial charge in [-0.2, -0.15) is 0 Å². The molecule has 6 nitrogen and oxygen atoms in total. The maximum Gasteiger partial charge on any atom is 0.259 e. The highest BCUT2D eigenvalue weighted by molar-refractivity contribution is 9.10. The molecule has 1 fully saturated rings. The first-order valence-electron chi connectivity index (χ1n) is 8.18. The normalized spacial score (nSPS) is 15.2. The van der Waals surface area contributed by atoms with Gasteiger partial charge in [0, 0.05) is 43.4 Å². The monoisotopic (exact) mass is 405 g/mol. The van der Waals surface area contributed by atoms with Crippen molar-refractivity contribution in [3.05, 3.63) is 52.6 Å². The summed E-state index contributed by atoms with van der Waals surface area (Å²) in [6.45, 7) is 3.56. The van der Waals surface area contributed by atoms with E-state index in [1.165, 1.54) is 0 Å². The Morgan fingerprint density at radius 2 is 2.00 bits per heavy atom. The van der Waals surface area contributed by atoms with Gasteiger partial charge in [0.05, 0.1) is 6.61 Å². The largest absolute Gasteiger partial charge is 0.438 e. The van der Waals surface area contributed by atoms with Crippen LogP contribution in [0.2, 0.25) is 0 Å². The number of nitrogens with zero attached hydrogens (tertiary/aromatic N) is 3. The van der Waals surface area contributed by atoms with Crippen LogP contribution in [0.1, 0.15) is 10.4 Å². The van der Waals surface area contributed by atoms with Crippen LogP contribution in [0.25, 0.3) is 0 Å². The van der Waals surface area contributed by atoms with E-state index in [0.29, 0.717) is 36.8 Å². The summed E-state index contributed by atoms with van der Waals surface area (Å²) in [5, 5.41) is 9.02. The molecule has 1 amide bonds. The molecule has 0 spiro atoms. The first kappa shape index (κ1) is 17.8. The van der Waals surface area contributed by atoms with Crippen molar-refractivity contribution in [3.8, 4) is 11.6 Å². The Morgan fingerprint density at radius 3 is 2.72 bits per heavy atom. The van der Waals surface area contributed by atoms with E-state index in [4.69, 9.17) is 9.84 Å². The minimum absolute atomic E-state index is 0.0817. The summed E-state index contributed by atoms with van der Waals surface area (Å²) in [5.41, 5.74) is 0.457. The van der Waals surface area contributed by atoms with E-state index in [1.54, 1.807) is 23.2 Å². The highest BCUT2D eigenvalue weighted by Crippen LogP contribution is 2.26. The zero-order valence-corrected chi connectivity index (χ0v) is 15.4. The van der Waals surface area contributed by atoms with Crippen molar-refractivity contribution in [3.63, 3.8) is 0 Å². The third-order valence-corrected chi connectivity index (χ3v) is 4.58. The first-order chi connectivity index (χ1) is 12.2. The van der Waals surface area contributed by atoms with Crippen molar-refractivity contribution < 1.29 is 14.6 Å². The van der Waals surface area contributed by atoms with E-state index >= 15 is 0 Å². The zero-order valence-electron chi connectivity index (χ0n) is 13.8. The van der Waals surface area contributed by atoms with Gasteiger partial charge in [-0.05, 0) is 30.3 Å². The van der Waals surface area contributed by atoms with Crippen LogP contribution in [0, 0.1) is 0 Å². The van der Waals surface area contributed by atoms with Crippen LogP contribution in [0.4, 0.5) is 0 Å². The van der Waals surface area contributed by atoms with E-state index in [2.05, 4.69) is 25.8 Å². The number of carbonyl (C=O) groups excluding carboxylic acids is 1. The van der Waals surface area contributed by atoms with Gasteiger partial charge in [0.25, 0.3) is 5.91 Å². The van der Waals surface area contributed by atoms with E-state index < -0.39 is 0 Å². The van der Waals surface area contributed by atoms with Gasteiger partial charge in [0.2, 0.25) is 5.88 Å². The summed E-state index contributed by atoms with van der Waals surface area (Å²) in [4.78, 5) is 21.1. The topological polar surface area (TPSA) is 65.9 Å². The second kappa shape index (κ2) is 8.42. The fraction of sp³-hybridized carbons (Fsp3) is 0.333. The molecule has 132 valence electrons. The predicted octanol–water partition coefficient (Wildman–Crippen LogP) is 2.39. The summed E-state index contributed by atoms with van der Waals surface area (Å²) in [6, 6.07) is 10.9. The van der Waals surface area contributed by atoms with Crippen LogP contribution in [-0.2, 0) is 0 Å². The molecular formula is C18H20BrN3O3. The van der Waals surface area contributed by atoms with E-state index in [0.717, 1.165) is 17.6 Å². The molecule has 0 aliphatic carbocycles. The number of aliphatic hydroxyl groups is 1. The summed E-state index contributed by atoms with van der Waals surface area (Å²) in [5.74, 6) is 0.847. The molecule has 3 rings (SSSR count). The smallest absolute Gasteiger partial charge is 0.259 e. The van der Waals surface area contributed by atoms with Crippen molar-refractivity contribution in [1.82, 2.24) is 14.8 Å². The van der Waals surface area contributed by atoms with E-state index in [9.17, 15) is 4.79 Å². The quantitative estimate of drug-likeness (QED) is 0.826. The van der Waals surface area contributed by atoms with Crippen molar-refractivity contribution in [2.75, 3.05) is 39.3 Å². The Kier molecular flexibility index (Phi) is 6.01. The van der Waals surface area contributed by atoms with Gasteiger partial charge in [-0.1, -0.05) is 22.0 Å². The fourth-order valence-corrected chi connectivity index (χ4v) is 3.14. The van der Waals surface area contributed by atoms with Crippen LogP contribution in [-0.4, -0.2) is 65.1 Å². The van der Waals surface area contributed by atoms with Gasteiger partial charge in [0.1, 0.15) is 11.3 Å². The molecule has 25 heavy (non-hydrogen) atoms. The van der Waals surface area contributed by atoms with Crippen LogP contribution >= 0.6 is 15.9 Å². The lowest BCUT2D eigenvalue weighted by molar-refractivity contribution is 0.0612. The maximum absolute atomic E-state index is 12.9. The summed E-state index contributed by atoms with van der Waals surface area (Å²) in [7, 11) is 0. The molecule has 0 radical (unpaired) electrons. The minimum atomic E-state index is -0.0817. The van der Waals surface area contributed by atoms with Crippen molar-refractivity contribution in [2.24, 2.45) is 0 Å². The fourth-order valence-electron chi connectivity index (χ4n) is 2.76. The van der Waals surface area contributed by atoms with E-state index in [-0.39, 0.29) is 12.5 Å². The number of β-amino-alcohol motifs (C(OH)–C–C–N with tert-alkyl or cyclic N) is 1. The molecule has 2 heterocycles. The lowest BCUT2D eigenvalue weighted by Gasteiger charge is -2.34. The second-order valence-corrected chi connectivity index (χ2v) is 6.69. The predicted molar refractivity (Wildman–Crippen MR) is 97.9 cm³/mol. The molecule has 0 saturated carbocycles. The highest BCUT2D eigenvalue weighted by Gasteiger charge is 2.24. The molecule has 7 heteroatoms. The number of carbonyl (C=O) groups is 1. The van der Waals surface area contributed by atoms with Crippen LogP contribution in [0.5, 0.6) is 11.6 Å². The number of hydrogen-bond acceptors (Lipinski definition) is 5. The molecule has 1 N–H and O–H groups in total. The molecule has 0 bridgehead atoms. The van der Waals surface area contributed by atoms with Gasteiger partial charge in [-0.15, -0.1) is 0 Å². The highest BCUT2D eigenvalue weighted by atomic mass is 79.9. The molecule has 1 aromatic heterocycles. The number of ether oxygens (including phenoxy) is 1. The number of aliphatic hydroxyl groups excluding tert-OH is 1. The number of pyridine rings is 1. The minimum Gasteiger partial charge on any atom is -0.438 e. The number of rotatable bonds is 5. The van der Waals surface area contributed by atoms with E-state index in [1.807, 2.05) is 24.3 Å². The Bertz CT molecular complexity index is 733. The third kappa shape index (κ3) is 4.56. The van der Waals surface area contributed by atoms with Crippen LogP contribution < -0.4 is 4.74 Å². The summed E-state index contributed by atoms with van der Waals surface area (Å²) < 4.78 is 6.73. The Hall–Kier alpha value is -1.96. The Morgan fingerprint density at radius 1 is 1.20 bits per heavy atom. The SMILES string of the molecule is O=C(c1cccnc1Oc1cccc(Br)c1)N1CCN(CCO)CC1. The third-order valence-electron chi connectivity index (χ3n) is 4.09. The van der Waals surface area contributed by atoms with Crippen molar-refractivity contribution >= 4 is 21.8 Å². The maximum atomic E-state index is 12.9. The molecule has 1 aliphatic heterocycles. The van der Waals surface area contributed by atoms with Gasteiger partial charge in [-0.25, -0.2) is 4.98 Å². The average Bonchev–Trinajstić information content (AvgIpc) is 2.63. The lowest BCUT2D eigenvalue weighted by Crippen LogP contribution is -2.49. The standard InChI is InChI=1S/C18H20BrN3O3/c19-14-3-1-4-15(13-14)25-17-16(5-2-6-20-17)18(24)22-9-7-21(8-10-22)11-12-23/h1-6,13,23H,7-12H2. The van der Waals surface area contributed by atoms with Crippen LogP contribution in [0.15, 0.2) is 47.1 Å². The van der Waals surface area contributed by atoms with Gasteiger partial charge in [-0.3, -0.25) is 9.69 Å². The molecule has 1 saturated heterocycles. The van der Waals surface area contributed by atoms with Gasteiger partial charge >= 0.3 is 0 Å². The number of amides is 1. The summed E-state index contributed by atoms with van der Waals surface area (Å²) in [6.07, 6.45) is 1.61. The molecule has 2 aromatic rings. The number of piperazine rings is 1. The van der Waals surface area contributed by atoms with Crippen molar-refractivity contribution in [1.29, 1.82) is 0 Å². The average molecular weight is 406 g/mol. The molecule has 0 atom stereocenters. The summed E-state index contributed by atoms with van der Waals surface area (Å²) >= 11 is 3.41. The van der Waals surface area contributed by atoms with Crippen molar-refractivity contribution in [2.45, 2.75) is 0 Å². The number of halogens is 1. The Balaban J connectivity index is 1.73. The molecule has 1 aromatic carbocycles. The van der Waals surface area contributed by atoms with Gasteiger partial charge in [0.15, 0.2) is 0 Å². The van der Waals surface area contributed by atoms with Crippen LogP contribution in [0.3, 0.4) is 0 Å². The molecular weight excluding hydrogens is 386 g/mol. The Labute approximate surface area is 155 Å². The molecule has 1 aliphatic rings. The van der Waals surface area contributed by atoms with Gasteiger partial charge < -0.3 is 14.7 Å².